The fourth-order valence-electron chi connectivity index (χ4n) is 4.79. The summed E-state index contributed by atoms with van der Waals surface area (Å²) in [5.74, 6) is 0. The van der Waals surface area contributed by atoms with Crippen molar-refractivity contribution in [2.75, 3.05) is 13.1 Å². The molecule has 0 amide bonds. The highest BCUT2D eigenvalue weighted by Gasteiger charge is 2.32. The maximum atomic E-state index is 13.5. The predicted octanol–water partition coefficient (Wildman–Crippen LogP) is 4.69. The topological polar surface area (TPSA) is 49.4 Å². The van der Waals surface area contributed by atoms with E-state index in [-0.39, 0.29) is 6.04 Å². The highest BCUT2D eigenvalue weighted by atomic mass is 32.2. The van der Waals surface area contributed by atoms with Crippen LogP contribution in [0.2, 0.25) is 0 Å². The van der Waals surface area contributed by atoms with Crippen LogP contribution in [0.3, 0.4) is 0 Å². The molecule has 1 aliphatic carbocycles. The first-order valence-corrected chi connectivity index (χ1v) is 13.1. The third-order valence-electron chi connectivity index (χ3n) is 6.55. The number of rotatable bonds is 7. The summed E-state index contributed by atoms with van der Waals surface area (Å²) in [4.78, 5) is 2.20. The van der Waals surface area contributed by atoms with E-state index in [9.17, 15) is 21.6 Å². The highest BCUT2D eigenvalue weighted by molar-refractivity contribution is 7.90. The summed E-state index contributed by atoms with van der Waals surface area (Å²) in [6.45, 7) is 5.69. The van der Waals surface area contributed by atoms with Gasteiger partial charge < -0.3 is 0 Å². The molecule has 1 atom stereocenters. The van der Waals surface area contributed by atoms with Crippen molar-refractivity contribution in [3.05, 3.63) is 69.8 Å². The van der Waals surface area contributed by atoms with Crippen LogP contribution in [-0.2, 0) is 42.0 Å². The Kier molecular flexibility index (Phi) is 6.90. The Morgan fingerprint density at radius 1 is 0.970 bits per heavy atom. The summed E-state index contributed by atoms with van der Waals surface area (Å²) in [6.07, 6.45) is -0.561. The molecule has 1 saturated heterocycles. The average molecular weight is 481 g/mol. The molecule has 0 radical (unpaired) electrons. The summed E-state index contributed by atoms with van der Waals surface area (Å²) in [7, 11) is -3.35. The minimum atomic E-state index is -4.38. The average Bonchev–Trinajstić information content (AvgIpc) is 3.35. The lowest BCUT2D eigenvalue weighted by molar-refractivity contribution is -0.137. The Morgan fingerprint density at radius 2 is 1.64 bits per heavy atom. The van der Waals surface area contributed by atoms with Gasteiger partial charge in [-0.25, -0.2) is 13.1 Å². The van der Waals surface area contributed by atoms with Crippen LogP contribution in [0.25, 0.3) is 0 Å². The smallest absolute Gasteiger partial charge is 0.299 e. The third kappa shape index (κ3) is 5.97. The zero-order valence-electron chi connectivity index (χ0n) is 19.1. The maximum Gasteiger partial charge on any atom is 0.416 e. The normalized spacial score (nSPS) is 19.4. The van der Waals surface area contributed by atoms with E-state index in [1.54, 1.807) is 13.8 Å². The number of halogens is 3. The molecule has 1 fully saturated rings. The Hall–Kier alpha value is -1.90. The molecule has 0 saturated carbocycles. The van der Waals surface area contributed by atoms with Gasteiger partial charge in [0.15, 0.2) is 0 Å². The lowest BCUT2D eigenvalue weighted by Gasteiger charge is -2.18. The highest BCUT2D eigenvalue weighted by Crippen LogP contribution is 2.32. The van der Waals surface area contributed by atoms with Crippen LogP contribution in [0, 0.1) is 0 Å². The number of fused-ring (bicyclic) bond motifs is 1. The molecule has 0 aromatic heterocycles. The van der Waals surface area contributed by atoms with E-state index in [0.717, 1.165) is 42.6 Å². The molecule has 0 unspecified atom stereocenters. The molecule has 0 spiro atoms. The largest absolute Gasteiger partial charge is 0.416 e. The van der Waals surface area contributed by atoms with Crippen molar-refractivity contribution in [2.45, 2.75) is 70.0 Å². The molecule has 1 heterocycles. The fourth-order valence-corrected chi connectivity index (χ4v) is 5.69. The van der Waals surface area contributed by atoms with E-state index < -0.39 is 27.0 Å². The van der Waals surface area contributed by atoms with Gasteiger partial charge in [0.2, 0.25) is 10.0 Å². The first-order chi connectivity index (χ1) is 15.5. The van der Waals surface area contributed by atoms with Crippen molar-refractivity contribution in [2.24, 2.45) is 0 Å². The van der Waals surface area contributed by atoms with Gasteiger partial charge >= 0.3 is 6.18 Å². The van der Waals surface area contributed by atoms with Crippen LogP contribution in [0.15, 0.2) is 36.4 Å². The monoisotopic (exact) mass is 480 g/mol. The summed E-state index contributed by atoms with van der Waals surface area (Å²) < 4.78 is 67.8. The fraction of sp³-hybridized carbons (Fsp3) is 0.520. The lowest BCUT2D eigenvalue weighted by atomic mass is 9.97. The number of nitrogens with one attached hydrogen (secondary N) is 1. The molecular weight excluding hydrogens is 449 g/mol. The number of alkyl halides is 3. The van der Waals surface area contributed by atoms with E-state index in [1.807, 2.05) is 24.3 Å². The van der Waals surface area contributed by atoms with Gasteiger partial charge in [-0.15, -0.1) is 0 Å². The lowest BCUT2D eigenvalue weighted by Crippen LogP contribution is -2.39. The molecule has 180 valence electrons. The van der Waals surface area contributed by atoms with E-state index in [2.05, 4.69) is 9.62 Å². The molecule has 33 heavy (non-hydrogen) atoms. The van der Waals surface area contributed by atoms with Gasteiger partial charge in [-0.1, -0.05) is 24.3 Å². The quantitative estimate of drug-likeness (QED) is 0.626. The van der Waals surface area contributed by atoms with Gasteiger partial charge in [-0.3, -0.25) is 4.90 Å². The van der Waals surface area contributed by atoms with Crippen LogP contribution in [0.1, 0.15) is 60.1 Å². The Balaban J connectivity index is 1.52. The second-order valence-corrected chi connectivity index (χ2v) is 11.9. The van der Waals surface area contributed by atoms with Crippen LogP contribution >= 0.6 is 0 Å². The zero-order valence-corrected chi connectivity index (χ0v) is 19.9. The summed E-state index contributed by atoms with van der Waals surface area (Å²) >= 11 is 0. The molecule has 2 aromatic carbocycles. The Morgan fingerprint density at radius 3 is 2.30 bits per heavy atom. The van der Waals surface area contributed by atoms with Gasteiger partial charge in [-0.2, -0.15) is 13.2 Å². The molecule has 1 aliphatic heterocycles. The molecule has 4 nitrogen and oxygen atoms in total. The zero-order chi connectivity index (χ0) is 23.8. The van der Waals surface area contributed by atoms with Crippen molar-refractivity contribution in [1.82, 2.24) is 9.62 Å². The number of benzene rings is 2. The first-order valence-electron chi connectivity index (χ1n) is 11.5. The number of nitrogens with zero attached hydrogens (tertiary/aromatic N) is 1. The van der Waals surface area contributed by atoms with Crippen molar-refractivity contribution < 1.29 is 21.6 Å². The van der Waals surface area contributed by atoms with E-state index in [4.69, 9.17) is 0 Å². The van der Waals surface area contributed by atoms with E-state index >= 15 is 0 Å². The first kappa shape index (κ1) is 24.2. The molecule has 2 aromatic rings. The van der Waals surface area contributed by atoms with Gasteiger partial charge in [0, 0.05) is 12.6 Å². The minimum Gasteiger partial charge on any atom is -0.299 e. The van der Waals surface area contributed by atoms with E-state index in [1.165, 1.54) is 12.1 Å². The van der Waals surface area contributed by atoms with Crippen LogP contribution in [0.5, 0.6) is 0 Å². The molecule has 8 heteroatoms. The number of sulfonamides is 1. The number of likely N-dealkylation sites (tertiary alicyclic amines) is 1. The standard InChI is InChI=1S/C25H31F3N2O2S/c1-17(2)33(31,32)29-24-14-21-6-5-18(11-22(21)15-24)9-19-10-20(16-30-7-3-4-8-30)13-23(12-19)25(26,27)28/h5-6,10-13,17,24,29H,3-4,7-9,14-16H2,1-2H3/t24-/m0/s1. The molecule has 0 bridgehead atoms. The number of hydrogen-bond acceptors (Lipinski definition) is 3. The summed E-state index contributed by atoms with van der Waals surface area (Å²) in [5.41, 5.74) is 3.84. The molecular formula is C25H31F3N2O2S. The molecule has 2 aliphatic rings. The van der Waals surface area contributed by atoms with Crippen molar-refractivity contribution in [3.63, 3.8) is 0 Å². The number of hydrogen-bond donors (Lipinski definition) is 1. The van der Waals surface area contributed by atoms with Crippen molar-refractivity contribution in [1.29, 1.82) is 0 Å². The Bertz CT molecular complexity index is 1110. The second kappa shape index (κ2) is 9.39. The summed E-state index contributed by atoms with van der Waals surface area (Å²) in [5, 5.41) is -0.493. The van der Waals surface area contributed by atoms with Gasteiger partial charge in [0.25, 0.3) is 0 Å². The van der Waals surface area contributed by atoms with Crippen LogP contribution in [-0.4, -0.2) is 37.7 Å². The van der Waals surface area contributed by atoms with Crippen molar-refractivity contribution >= 4 is 10.0 Å². The Labute approximate surface area is 194 Å². The third-order valence-corrected chi connectivity index (χ3v) is 8.45. The molecule has 1 N–H and O–H groups in total. The predicted molar refractivity (Wildman–Crippen MR) is 124 cm³/mol. The van der Waals surface area contributed by atoms with Crippen molar-refractivity contribution in [3.8, 4) is 0 Å². The summed E-state index contributed by atoms with van der Waals surface area (Å²) in [6, 6.07) is 10.2. The van der Waals surface area contributed by atoms with Crippen LogP contribution in [0.4, 0.5) is 13.2 Å². The van der Waals surface area contributed by atoms with Gasteiger partial charge in [-0.05, 0) is 99.0 Å². The molecule has 4 rings (SSSR count). The van der Waals surface area contributed by atoms with Gasteiger partial charge in [0.1, 0.15) is 0 Å². The second-order valence-electron chi connectivity index (χ2n) is 9.62. The van der Waals surface area contributed by atoms with Crippen LogP contribution < -0.4 is 4.72 Å². The maximum absolute atomic E-state index is 13.5. The van der Waals surface area contributed by atoms with E-state index in [0.29, 0.717) is 36.9 Å². The SMILES string of the molecule is CC(C)S(=O)(=O)N[C@H]1Cc2ccc(Cc3cc(CN4CCCC4)cc(C(F)(F)F)c3)cc2C1. The minimum absolute atomic E-state index is 0.178. The van der Waals surface area contributed by atoms with Gasteiger partial charge in [0.05, 0.1) is 10.8 Å².